The summed E-state index contributed by atoms with van der Waals surface area (Å²) >= 11 is 0. The van der Waals surface area contributed by atoms with Crippen LogP contribution in [0.25, 0.3) is 0 Å². The van der Waals surface area contributed by atoms with Crippen molar-refractivity contribution in [2.75, 3.05) is 13.7 Å². The molecule has 1 saturated carbocycles. The summed E-state index contributed by atoms with van der Waals surface area (Å²) in [6.07, 6.45) is 8.47. The molecule has 0 amide bonds. The summed E-state index contributed by atoms with van der Waals surface area (Å²) in [5.74, 6) is 0.800. The van der Waals surface area contributed by atoms with E-state index >= 15 is 0 Å². The Morgan fingerprint density at radius 1 is 1.17 bits per heavy atom. The van der Waals surface area contributed by atoms with Crippen molar-refractivity contribution in [3.8, 4) is 0 Å². The summed E-state index contributed by atoms with van der Waals surface area (Å²) in [7, 11) is 1.87. The molecule has 2 atom stereocenters. The van der Waals surface area contributed by atoms with E-state index in [0.29, 0.717) is 12.1 Å². The van der Waals surface area contributed by atoms with E-state index in [2.05, 4.69) is 33.0 Å². The first kappa shape index (κ1) is 16.0. The molecule has 18 heavy (non-hydrogen) atoms. The van der Waals surface area contributed by atoms with E-state index in [1.165, 1.54) is 38.5 Å². The maximum atomic E-state index is 5.86. The van der Waals surface area contributed by atoms with Crippen molar-refractivity contribution >= 4 is 0 Å². The minimum atomic E-state index is 0.206. The summed E-state index contributed by atoms with van der Waals surface area (Å²) in [4.78, 5) is 0. The van der Waals surface area contributed by atoms with Crippen LogP contribution in [0.15, 0.2) is 0 Å². The van der Waals surface area contributed by atoms with Crippen molar-refractivity contribution in [3.63, 3.8) is 0 Å². The van der Waals surface area contributed by atoms with E-state index in [9.17, 15) is 0 Å². The van der Waals surface area contributed by atoms with Gasteiger partial charge < -0.3 is 10.1 Å². The van der Waals surface area contributed by atoms with E-state index in [-0.39, 0.29) is 5.41 Å². The molecule has 2 unspecified atom stereocenters. The Labute approximate surface area is 114 Å². The van der Waals surface area contributed by atoms with E-state index in [0.717, 1.165) is 12.5 Å². The molecule has 0 aromatic rings. The second-order valence-electron chi connectivity index (χ2n) is 6.90. The van der Waals surface area contributed by atoms with Crippen molar-refractivity contribution < 1.29 is 4.74 Å². The number of rotatable bonds is 6. The maximum absolute atomic E-state index is 5.86. The topological polar surface area (TPSA) is 21.3 Å². The monoisotopic (exact) mass is 255 g/mol. The van der Waals surface area contributed by atoms with Crippen LogP contribution >= 0.6 is 0 Å². The van der Waals surface area contributed by atoms with E-state index in [1.54, 1.807) is 0 Å². The fraction of sp³-hybridized carbons (Fsp3) is 1.00. The molecular weight excluding hydrogens is 222 g/mol. The molecule has 1 aliphatic carbocycles. The lowest BCUT2D eigenvalue weighted by Crippen LogP contribution is -2.52. The standard InChI is InChI=1S/C16H33NO/c1-6-12-17-14(13-10-8-7-9-11-13)15(18-5)16(2,3)4/h13-15,17H,6-12H2,1-5H3. The minimum Gasteiger partial charge on any atom is -0.379 e. The Hall–Kier alpha value is -0.0800. The highest BCUT2D eigenvalue weighted by atomic mass is 16.5. The molecular formula is C16H33NO. The normalized spacial score (nSPS) is 21.8. The summed E-state index contributed by atoms with van der Waals surface area (Å²) < 4.78 is 5.86. The van der Waals surface area contributed by atoms with Gasteiger partial charge in [0.1, 0.15) is 0 Å². The van der Waals surface area contributed by atoms with Gasteiger partial charge in [-0.1, -0.05) is 47.0 Å². The third kappa shape index (κ3) is 4.55. The molecule has 0 aromatic heterocycles. The lowest BCUT2D eigenvalue weighted by Gasteiger charge is -2.42. The third-order valence-corrected chi connectivity index (χ3v) is 4.22. The average molecular weight is 255 g/mol. The highest BCUT2D eigenvalue weighted by Gasteiger charge is 2.37. The fourth-order valence-electron chi connectivity index (χ4n) is 3.36. The van der Waals surface area contributed by atoms with Crippen molar-refractivity contribution in [1.29, 1.82) is 0 Å². The van der Waals surface area contributed by atoms with Crippen molar-refractivity contribution in [2.24, 2.45) is 11.3 Å². The zero-order valence-corrected chi connectivity index (χ0v) is 13.1. The number of methoxy groups -OCH3 is 1. The van der Waals surface area contributed by atoms with Crippen LogP contribution in [-0.4, -0.2) is 25.8 Å². The highest BCUT2D eigenvalue weighted by Crippen LogP contribution is 2.34. The Morgan fingerprint density at radius 2 is 1.78 bits per heavy atom. The Balaban J connectivity index is 2.73. The number of ether oxygens (including phenoxy) is 1. The van der Waals surface area contributed by atoms with Gasteiger partial charge in [-0.25, -0.2) is 0 Å². The largest absolute Gasteiger partial charge is 0.379 e. The maximum Gasteiger partial charge on any atom is 0.0775 e. The molecule has 1 rings (SSSR count). The van der Waals surface area contributed by atoms with Crippen LogP contribution in [0.2, 0.25) is 0 Å². The SMILES string of the molecule is CCCNC(C1CCCCC1)C(OC)C(C)(C)C. The molecule has 2 heteroatoms. The molecule has 0 spiro atoms. The minimum absolute atomic E-state index is 0.206. The molecule has 0 bridgehead atoms. The Morgan fingerprint density at radius 3 is 2.22 bits per heavy atom. The highest BCUT2D eigenvalue weighted by molar-refractivity contribution is 4.91. The second-order valence-corrected chi connectivity index (χ2v) is 6.90. The quantitative estimate of drug-likeness (QED) is 0.774. The van der Waals surface area contributed by atoms with E-state index in [4.69, 9.17) is 4.74 Å². The van der Waals surface area contributed by atoms with Crippen LogP contribution in [0.5, 0.6) is 0 Å². The van der Waals surface area contributed by atoms with Gasteiger partial charge in [-0.3, -0.25) is 0 Å². The predicted octanol–water partition coefficient (Wildman–Crippen LogP) is 4.00. The fourth-order valence-corrected chi connectivity index (χ4v) is 3.36. The number of hydrogen-bond donors (Lipinski definition) is 1. The lowest BCUT2D eigenvalue weighted by atomic mass is 9.75. The molecule has 0 radical (unpaired) electrons. The smallest absolute Gasteiger partial charge is 0.0775 e. The van der Waals surface area contributed by atoms with Gasteiger partial charge in [0.05, 0.1) is 6.10 Å². The molecule has 108 valence electrons. The summed E-state index contributed by atoms with van der Waals surface area (Å²) in [5.41, 5.74) is 0.206. The van der Waals surface area contributed by atoms with Gasteiger partial charge in [-0.2, -0.15) is 0 Å². The van der Waals surface area contributed by atoms with Gasteiger partial charge in [0, 0.05) is 13.2 Å². The molecule has 1 aliphatic rings. The van der Waals surface area contributed by atoms with Crippen LogP contribution in [0, 0.1) is 11.3 Å². The molecule has 0 aliphatic heterocycles. The third-order valence-electron chi connectivity index (χ3n) is 4.22. The summed E-state index contributed by atoms with van der Waals surface area (Å²) in [5, 5.41) is 3.77. The van der Waals surface area contributed by atoms with Crippen LogP contribution in [0.3, 0.4) is 0 Å². The van der Waals surface area contributed by atoms with Crippen LogP contribution in [0.1, 0.15) is 66.2 Å². The summed E-state index contributed by atoms with van der Waals surface area (Å²) in [6, 6.07) is 0.523. The Kier molecular flexibility index (Phi) is 6.65. The van der Waals surface area contributed by atoms with Gasteiger partial charge in [0.25, 0.3) is 0 Å². The van der Waals surface area contributed by atoms with E-state index in [1.807, 2.05) is 7.11 Å². The van der Waals surface area contributed by atoms with Gasteiger partial charge in [-0.15, -0.1) is 0 Å². The van der Waals surface area contributed by atoms with Crippen LogP contribution < -0.4 is 5.32 Å². The molecule has 0 saturated heterocycles. The zero-order chi connectivity index (χ0) is 13.6. The number of hydrogen-bond acceptors (Lipinski definition) is 2. The predicted molar refractivity (Wildman–Crippen MR) is 78.9 cm³/mol. The van der Waals surface area contributed by atoms with Gasteiger partial charge in [-0.05, 0) is 37.1 Å². The zero-order valence-electron chi connectivity index (χ0n) is 13.1. The first-order valence-corrected chi connectivity index (χ1v) is 7.77. The first-order valence-electron chi connectivity index (χ1n) is 7.77. The van der Waals surface area contributed by atoms with Crippen molar-refractivity contribution in [2.45, 2.75) is 78.4 Å². The molecule has 0 heterocycles. The number of nitrogens with one attached hydrogen (secondary N) is 1. The van der Waals surface area contributed by atoms with Crippen molar-refractivity contribution in [3.05, 3.63) is 0 Å². The van der Waals surface area contributed by atoms with Gasteiger partial charge in [0.2, 0.25) is 0 Å². The molecule has 1 fully saturated rings. The van der Waals surface area contributed by atoms with E-state index < -0.39 is 0 Å². The summed E-state index contributed by atoms with van der Waals surface area (Å²) in [6.45, 7) is 10.2. The molecule has 0 aromatic carbocycles. The second kappa shape index (κ2) is 7.49. The van der Waals surface area contributed by atoms with Crippen LogP contribution in [-0.2, 0) is 4.74 Å². The van der Waals surface area contributed by atoms with Gasteiger partial charge >= 0.3 is 0 Å². The molecule has 1 N–H and O–H groups in total. The average Bonchev–Trinajstić information content (AvgIpc) is 2.34. The van der Waals surface area contributed by atoms with Crippen LogP contribution in [0.4, 0.5) is 0 Å². The lowest BCUT2D eigenvalue weighted by molar-refractivity contribution is -0.0309. The Bertz CT molecular complexity index is 216. The van der Waals surface area contributed by atoms with Crippen molar-refractivity contribution in [1.82, 2.24) is 5.32 Å². The van der Waals surface area contributed by atoms with Gasteiger partial charge in [0.15, 0.2) is 0 Å². The molecule has 2 nitrogen and oxygen atoms in total. The first-order chi connectivity index (χ1) is 8.50.